The van der Waals surface area contributed by atoms with Crippen LogP contribution in [0, 0.1) is 0 Å². The van der Waals surface area contributed by atoms with Gasteiger partial charge >= 0.3 is 0 Å². The van der Waals surface area contributed by atoms with Gasteiger partial charge in [0, 0.05) is 22.2 Å². The van der Waals surface area contributed by atoms with Crippen molar-refractivity contribution in [3.05, 3.63) is 210 Å². The average Bonchev–Trinajstić information content (AvgIpc) is 3.58. The number of hydrogen-bond donors (Lipinski definition) is 0. The largest absolute Gasteiger partial charge is 0.454 e. The third-order valence-electron chi connectivity index (χ3n) is 10.9. The van der Waals surface area contributed by atoms with Crippen LogP contribution in [0.5, 0.6) is 0 Å². The molecule has 0 aliphatic carbocycles. The lowest BCUT2D eigenvalue weighted by atomic mass is 9.96. The number of hydrogen-bond acceptors (Lipinski definition) is 1. The van der Waals surface area contributed by atoms with Crippen LogP contribution in [0.1, 0.15) is 22.7 Å². The van der Waals surface area contributed by atoms with Crippen molar-refractivity contribution in [2.24, 2.45) is 4.99 Å². The highest BCUT2D eigenvalue weighted by molar-refractivity contribution is 6.29. The number of nitrogens with zero attached hydrogens (tertiary/aromatic N) is 3. The van der Waals surface area contributed by atoms with E-state index in [4.69, 9.17) is 10.3 Å². The molecule has 2 heterocycles. The minimum Gasteiger partial charge on any atom is -0.454 e. The summed E-state index contributed by atoms with van der Waals surface area (Å²) in [6, 6.07) is 65.3. The van der Waals surface area contributed by atoms with Crippen molar-refractivity contribution in [1.29, 1.82) is 0 Å². The maximum absolute atomic E-state index is 5.32. The molecule has 0 bridgehead atoms. The Bertz CT molecular complexity index is 3050. The van der Waals surface area contributed by atoms with Gasteiger partial charge in [-0.1, -0.05) is 170 Å². The average molecular weight is 675 g/mol. The summed E-state index contributed by atoms with van der Waals surface area (Å²) < 4.78 is 2.47. The highest BCUT2D eigenvalue weighted by atomic mass is 15.0. The molecule has 0 N–H and O–H groups in total. The van der Waals surface area contributed by atoms with Crippen molar-refractivity contribution in [1.82, 2.24) is 4.57 Å². The van der Waals surface area contributed by atoms with Crippen LogP contribution >= 0.6 is 0 Å². The third kappa shape index (κ3) is 4.71. The molecule has 1 aliphatic heterocycles. The Morgan fingerprint density at radius 2 is 1.02 bits per heavy atom. The van der Waals surface area contributed by atoms with E-state index >= 15 is 0 Å². The van der Waals surface area contributed by atoms with Crippen LogP contribution in [0.3, 0.4) is 0 Å². The molecule has 10 aromatic rings. The van der Waals surface area contributed by atoms with Gasteiger partial charge in [0.25, 0.3) is 0 Å². The Morgan fingerprint density at radius 3 is 1.72 bits per heavy atom. The lowest BCUT2D eigenvalue weighted by molar-refractivity contribution is 1.04. The van der Waals surface area contributed by atoms with Gasteiger partial charge in [-0.2, -0.15) is 0 Å². The number of aliphatic imine (C=N–C) groups is 1. The molecule has 11 rings (SSSR count). The summed E-state index contributed by atoms with van der Waals surface area (Å²) >= 11 is 0. The van der Waals surface area contributed by atoms with E-state index in [0.29, 0.717) is 0 Å². The molecule has 3 heteroatoms. The molecular weight excluding hydrogens is 643 g/mol. The molecule has 248 valence electrons. The highest BCUT2D eigenvalue weighted by Crippen LogP contribution is 2.43. The molecule has 0 amide bonds. The lowest BCUT2D eigenvalue weighted by Gasteiger charge is -2.34. The Labute approximate surface area is 306 Å². The van der Waals surface area contributed by atoms with E-state index in [1.807, 2.05) is 0 Å². The van der Waals surface area contributed by atoms with Crippen molar-refractivity contribution in [2.45, 2.75) is 6.04 Å². The fourth-order valence-corrected chi connectivity index (χ4v) is 8.45. The quantitative estimate of drug-likeness (QED) is 0.178. The molecule has 0 fully saturated rings. The molecule has 1 aliphatic rings. The fourth-order valence-electron chi connectivity index (χ4n) is 8.45. The zero-order chi connectivity index (χ0) is 34.9. The molecular formula is C50H32N3-. The second-order valence-electron chi connectivity index (χ2n) is 13.9. The Kier molecular flexibility index (Phi) is 6.62. The fraction of sp³-hybridized carbons (Fsp3) is 0.0200. The first kappa shape index (κ1) is 29.7. The topological polar surface area (TPSA) is 31.4 Å². The van der Waals surface area contributed by atoms with E-state index in [-0.39, 0.29) is 6.04 Å². The van der Waals surface area contributed by atoms with Gasteiger partial charge in [0.15, 0.2) is 0 Å². The van der Waals surface area contributed by atoms with Crippen molar-refractivity contribution >= 4 is 76.4 Å². The van der Waals surface area contributed by atoms with Gasteiger partial charge < -0.3 is 14.9 Å². The van der Waals surface area contributed by atoms with Crippen LogP contribution in [0.4, 0.5) is 0 Å². The number of aromatic nitrogens is 1. The molecule has 0 radical (unpaired) electrons. The van der Waals surface area contributed by atoms with E-state index in [1.54, 1.807) is 0 Å². The Hall–Kier alpha value is -6.97. The maximum Gasteiger partial charge on any atom is 0.0548 e. The number of benzene rings is 9. The highest BCUT2D eigenvalue weighted by Gasteiger charge is 2.20. The zero-order valence-electron chi connectivity index (χ0n) is 28.8. The predicted molar refractivity (Wildman–Crippen MR) is 224 cm³/mol. The number of amidine groups is 1. The van der Waals surface area contributed by atoms with Crippen LogP contribution in [0.2, 0.25) is 0 Å². The van der Waals surface area contributed by atoms with Crippen LogP contribution in [0.25, 0.3) is 81.6 Å². The molecule has 1 atom stereocenters. The molecule has 0 saturated carbocycles. The summed E-state index contributed by atoms with van der Waals surface area (Å²) in [6.07, 6.45) is 2.22. The normalized spacial score (nSPS) is 14.6. The Balaban J connectivity index is 1.16. The first-order chi connectivity index (χ1) is 26.3. The molecule has 1 unspecified atom stereocenters. The monoisotopic (exact) mass is 674 g/mol. The molecule has 3 nitrogen and oxygen atoms in total. The van der Waals surface area contributed by atoms with Gasteiger partial charge in [-0.15, -0.1) is 0 Å². The molecule has 53 heavy (non-hydrogen) atoms. The summed E-state index contributed by atoms with van der Waals surface area (Å²) in [4.78, 5) is 5.32. The maximum atomic E-state index is 5.32. The van der Waals surface area contributed by atoms with Crippen LogP contribution in [-0.4, -0.2) is 10.4 Å². The summed E-state index contributed by atoms with van der Waals surface area (Å²) in [5.41, 5.74) is 7.72. The van der Waals surface area contributed by atoms with E-state index in [9.17, 15) is 0 Å². The van der Waals surface area contributed by atoms with E-state index in [0.717, 1.165) is 39.3 Å². The van der Waals surface area contributed by atoms with Gasteiger partial charge in [-0.25, -0.2) is 0 Å². The van der Waals surface area contributed by atoms with E-state index < -0.39 is 0 Å². The van der Waals surface area contributed by atoms with E-state index in [2.05, 4.69) is 193 Å². The number of rotatable bonds is 4. The van der Waals surface area contributed by atoms with Crippen LogP contribution in [-0.2, 0) is 0 Å². The van der Waals surface area contributed by atoms with Crippen molar-refractivity contribution in [2.75, 3.05) is 0 Å². The van der Waals surface area contributed by atoms with E-state index in [1.165, 1.54) is 59.5 Å². The summed E-state index contributed by atoms with van der Waals surface area (Å²) in [7, 11) is 0. The SMILES string of the molecule is C1=C(c2ccc(-n3c4ccc5ccccc5c4c4c5ccccc5ccc43)c3ccccc23)N=C(c2ccc3ccccc3c2)[N-]C1c1ccccc1. The smallest absolute Gasteiger partial charge is 0.0548 e. The number of fused-ring (bicyclic) bond motifs is 9. The first-order valence-corrected chi connectivity index (χ1v) is 18.2. The van der Waals surface area contributed by atoms with Crippen molar-refractivity contribution in [3.63, 3.8) is 0 Å². The van der Waals surface area contributed by atoms with Crippen LogP contribution < -0.4 is 0 Å². The first-order valence-electron chi connectivity index (χ1n) is 18.2. The molecule has 0 saturated heterocycles. The lowest BCUT2D eigenvalue weighted by Crippen LogP contribution is -2.10. The zero-order valence-corrected chi connectivity index (χ0v) is 28.8. The minimum atomic E-state index is -0.164. The second-order valence-corrected chi connectivity index (χ2v) is 13.9. The van der Waals surface area contributed by atoms with Gasteiger partial charge in [-0.3, -0.25) is 0 Å². The van der Waals surface area contributed by atoms with Gasteiger partial charge in [0.1, 0.15) is 0 Å². The van der Waals surface area contributed by atoms with Crippen molar-refractivity contribution < 1.29 is 0 Å². The molecule has 0 spiro atoms. The third-order valence-corrected chi connectivity index (χ3v) is 10.9. The standard InChI is InChI=1S/C50H32N3/c1-2-15-35(16-3-1)43-31-44(52-50(51-43)37-23-22-32-12-4-5-17-36(32)30-37)41-26-29-45(42-21-11-10-20-40(41)42)53-46-27-24-33-13-6-8-18-38(33)48(46)49-39-19-9-7-14-34(39)25-28-47(49)53/h1-31,43H/q-1. The van der Waals surface area contributed by atoms with Gasteiger partial charge in [0.2, 0.25) is 0 Å². The minimum absolute atomic E-state index is 0.164. The van der Waals surface area contributed by atoms with Crippen molar-refractivity contribution in [3.8, 4) is 5.69 Å². The summed E-state index contributed by atoms with van der Waals surface area (Å²) in [5.74, 6) is 0.747. The van der Waals surface area contributed by atoms with Crippen LogP contribution in [0.15, 0.2) is 193 Å². The van der Waals surface area contributed by atoms with Gasteiger partial charge in [0.05, 0.1) is 16.7 Å². The molecule has 9 aromatic carbocycles. The molecule has 1 aromatic heterocycles. The Morgan fingerprint density at radius 1 is 0.453 bits per heavy atom. The predicted octanol–water partition coefficient (Wildman–Crippen LogP) is 13.3. The summed E-state index contributed by atoms with van der Waals surface area (Å²) in [6.45, 7) is 0. The second kappa shape index (κ2) is 11.8. The van der Waals surface area contributed by atoms with Gasteiger partial charge in [-0.05, 0) is 84.4 Å². The summed E-state index contributed by atoms with van der Waals surface area (Å²) in [5, 5.41) is 17.5.